The number of Topliss-reactive ketones (excluding diaryl/α,β-unsaturated/α-hetero) is 1. The van der Waals surface area contributed by atoms with Gasteiger partial charge in [-0.05, 0) is 53.8 Å². The zero-order valence-electron chi connectivity index (χ0n) is 18.1. The summed E-state index contributed by atoms with van der Waals surface area (Å²) in [5.41, 5.74) is 9.42. The van der Waals surface area contributed by atoms with E-state index >= 15 is 0 Å². The molecule has 32 heavy (non-hydrogen) atoms. The molecular weight excluding hydrogens is 396 g/mol. The van der Waals surface area contributed by atoms with Crippen molar-refractivity contribution in [2.45, 2.75) is 25.3 Å². The number of aliphatic imine (C=N–C) groups is 1. The Hall–Kier alpha value is -3.91. The number of rotatable bonds is 7. The number of nitriles is 1. The highest BCUT2D eigenvalue weighted by Gasteiger charge is 2.50. The van der Waals surface area contributed by atoms with E-state index in [1.165, 1.54) is 0 Å². The predicted molar refractivity (Wildman–Crippen MR) is 127 cm³/mol. The van der Waals surface area contributed by atoms with Gasteiger partial charge < -0.3 is 11.1 Å². The second-order valence-electron chi connectivity index (χ2n) is 8.01. The molecule has 0 bridgehead atoms. The minimum Gasteiger partial charge on any atom is -0.387 e. The Morgan fingerprint density at radius 1 is 1.03 bits per heavy atom. The molecule has 5 heteroatoms. The number of carbonyl (C=O) groups is 1. The first-order valence-electron chi connectivity index (χ1n) is 10.9. The van der Waals surface area contributed by atoms with E-state index in [1.54, 1.807) is 6.07 Å². The summed E-state index contributed by atoms with van der Waals surface area (Å²) in [7, 11) is 0. The van der Waals surface area contributed by atoms with Crippen molar-refractivity contribution in [1.29, 1.82) is 5.26 Å². The van der Waals surface area contributed by atoms with Gasteiger partial charge in [-0.1, -0.05) is 61.5 Å². The fraction of sp³-hybridized carbons (Fsp3) is 0.222. The lowest BCUT2D eigenvalue weighted by atomic mass is 9.77. The summed E-state index contributed by atoms with van der Waals surface area (Å²) >= 11 is 0. The Bertz CT molecular complexity index is 1200. The SMILES string of the molecule is CCC1C(=O)C(c2ccccc2)(c2cccc(NCCc3cccc(C#N)c3)c2)N=C1N. The lowest BCUT2D eigenvalue weighted by molar-refractivity contribution is -0.124. The number of nitrogens with zero attached hydrogens (tertiary/aromatic N) is 2. The molecule has 0 saturated heterocycles. The van der Waals surface area contributed by atoms with Crippen LogP contribution in [0.15, 0.2) is 83.9 Å². The summed E-state index contributed by atoms with van der Waals surface area (Å²) in [5, 5.41) is 12.5. The van der Waals surface area contributed by atoms with Crippen molar-refractivity contribution in [2.24, 2.45) is 16.6 Å². The lowest BCUT2D eigenvalue weighted by Crippen LogP contribution is -2.36. The third-order valence-electron chi connectivity index (χ3n) is 6.01. The molecule has 0 fully saturated rings. The molecule has 2 unspecified atom stereocenters. The van der Waals surface area contributed by atoms with Crippen LogP contribution in [-0.2, 0) is 16.8 Å². The Morgan fingerprint density at radius 2 is 1.78 bits per heavy atom. The van der Waals surface area contributed by atoms with Crippen molar-refractivity contribution in [3.8, 4) is 6.07 Å². The van der Waals surface area contributed by atoms with Crippen LogP contribution >= 0.6 is 0 Å². The Morgan fingerprint density at radius 3 is 2.50 bits per heavy atom. The molecule has 1 aliphatic heterocycles. The first kappa shape index (κ1) is 21.3. The van der Waals surface area contributed by atoms with Gasteiger partial charge in [0, 0.05) is 12.2 Å². The van der Waals surface area contributed by atoms with Gasteiger partial charge in [0.25, 0.3) is 0 Å². The van der Waals surface area contributed by atoms with Crippen LogP contribution in [0.25, 0.3) is 0 Å². The maximum atomic E-state index is 13.6. The van der Waals surface area contributed by atoms with E-state index in [-0.39, 0.29) is 11.7 Å². The third kappa shape index (κ3) is 3.88. The minimum atomic E-state index is -1.12. The highest BCUT2D eigenvalue weighted by Crippen LogP contribution is 2.42. The predicted octanol–water partition coefficient (Wildman–Crippen LogP) is 4.42. The van der Waals surface area contributed by atoms with Crippen molar-refractivity contribution in [1.82, 2.24) is 0 Å². The highest BCUT2D eigenvalue weighted by molar-refractivity contribution is 6.14. The van der Waals surface area contributed by atoms with Gasteiger partial charge in [-0.2, -0.15) is 5.26 Å². The van der Waals surface area contributed by atoms with Crippen molar-refractivity contribution in [3.63, 3.8) is 0 Å². The molecule has 0 spiro atoms. The number of benzene rings is 3. The molecule has 160 valence electrons. The number of amidine groups is 1. The van der Waals surface area contributed by atoms with Crippen LogP contribution in [0.4, 0.5) is 5.69 Å². The summed E-state index contributed by atoms with van der Waals surface area (Å²) in [6.45, 7) is 2.67. The third-order valence-corrected chi connectivity index (χ3v) is 6.01. The van der Waals surface area contributed by atoms with Crippen LogP contribution in [0, 0.1) is 17.2 Å². The molecular formula is C27H26N4O. The number of ketones is 1. The lowest BCUT2D eigenvalue weighted by Gasteiger charge is -2.27. The number of carbonyl (C=O) groups excluding carboxylic acids is 1. The first-order chi connectivity index (χ1) is 15.6. The normalized spacial score (nSPS) is 19.9. The number of nitrogens with one attached hydrogen (secondary N) is 1. The molecule has 5 nitrogen and oxygen atoms in total. The summed E-state index contributed by atoms with van der Waals surface area (Å²) in [5.74, 6) is 0.0468. The van der Waals surface area contributed by atoms with Crippen LogP contribution in [0.2, 0.25) is 0 Å². The van der Waals surface area contributed by atoms with Gasteiger partial charge >= 0.3 is 0 Å². The molecule has 3 aromatic rings. The molecule has 3 aromatic carbocycles. The van der Waals surface area contributed by atoms with Gasteiger partial charge in [-0.15, -0.1) is 0 Å². The van der Waals surface area contributed by atoms with E-state index in [1.807, 2.05) is 79.7 Å². The molecule has 0 saturated carbocycles. The molecule has 3 N–H and O–H groups in total. The van der Waals surface area contributed by atoms with Gasteiger partial charge in [-0.3, -0.25) is 4.79 Å². The Kier molecular flexibility index (Phi) is 6.04. The zero-order valence-corrected chi connectivity index (χ0v) is 18.1. The second-order valence-corrected chi connectivity index (χ2v) is 8.01. The van der Waals surface area contributed by atoms with E-state index in [0.717, 1.165) is 28.8 Å². The van der Waals surface area contributed by atoms with Crippen LogP contribution in [0.1, 0.15) is 35.6 Å². The topological polar surface area (TPSA) is 91.3 Å². The van der Waals surface area contributed by atoms with E-state index in [9.17, 15) is 4.79 Å². The van der Waals surface area contributed by atoms with Crippen molar-refractivity contribution in [3.05, 3.63) is 101 Å². The van der Waals surface area contributed by atoms with Gasteiger partial charge in [0.05, 0.1) is 17.6 Å². The molecule has 4 rings (SSSR count). The number of hydrogen-bond donors (Lipinski definition) is 2. The second kappa shape index (κ2) is 9.07. The number of anilines is 1. The molecule has 1 heterocycles. The zero-order chi connectivity index (χ0) is 22.6. The van der Waals surface area contributed by atoms with E-state index < -0.39 is 5.54 Å². The van der Waals surface area contributed by atoms with Crippen LogP contribution in [-0.4, -0.2) is 18.2 Å². The Labute approximate surface area is 188 Å². The Balaban J connectivity index is 1.62. The maximum Gasteiger partial charge on any atom is 0.180 e. The van der Waals surface area contributed by atoms with E-state index in [2.05, 4.69) is 11.4 Å². The van der Waals surface area contributed by atoms with Gasteiger partial charge in [0.15, 0.2) is 11.3 Å². The summed E-state index contributed by atoms with van der Waals surface area (Å²) in [6.07, 6.45) is 1.41. The van der Waals surface area contributed by atoms with Gasteiger partial charge in [0.2, 0.25) is 0 Å². The summed E-state index contributed by atoms with van der Waals surface area (Å²) in [4.78, 5) is 18.4. The number of hydrogen-bond acceptors (Lipinski definition) is 5. The van der Waals surface area contributed by atoms with Crippen molar-refractivity contribution in [2.75, 3.05) is 11.9 Å². The van der Waals surface area contributed by atoms with E-state index in [0.29, 0.717) is 24.4 Å². The highest BCUT2D eigenvalue weighted by atomic mass is 16.1. The average molecular weight is 423 g/mol. The van der Waals surface area contributed by atoms with E-state index in [4.69, 9.17) is 16.0 Å². The molecule has 0 aliphatic carbocycles. The van der Waals surface area contributed by atoms with Crippen LogP contribution in [0.5, 0.6) is 0 Å². The molecule has 0 radical (unpaired) electrons. The van der Waals surface area contributed by atoms with Gasteiger partial charge in [0.1, 0.15) is 5.84 Å². The molecule has 0 aromatic heterocycles. The van der Waals surface area contributed by atoms with Crippen LogP contribution < -0.4 is 11.1 Å². The molecule has 1 aliphatic rings. The fourth-order valence-corrected chi connectivity index (χ4v) is 4.37. The monoisotopic (exact) mass is 422 g/mol. The minimum absolute atomic E-state index is 0.0224. The smallest absolute Gasteiger partial charge is 0.180 e. The quantitative estimate of drug-likeness (QED) is 0.589. The summed E-state index contributed by atoms with van der Waals surface area (Å²) in [6, 6.07) is 27.3. The largest absolute Gasteiger partial charge is 0.387 e. The average Bonchev–Trinajstić information content (AvgIpc) is 3.10. The van der Waals surface area contributed by atoms with Crippen LogP contribution in [0.3, 0.4) is 0 Å². The standard InChI is InChI=1S/C27H26N4O/c1-2-24-25(32)27(31-26(24)29,21-10-4-3-5-11-21)22-12-7-13-23(17-22)30-15-14-19-8-6-9-20(16-19)18-28/h3-13,16-17,24,30H,2,14-15H2,1H3,(H2,29,31). The first-order valence-corrected chi connectivity index (χ1v) is 10.9. The molecule has 2 atom stereocenters. The fourth-order valence-electron chi connectivity index (χ4n) is 4.37. The number of nitrogens with two attached hydrogens (primary N) is 1. The van der Waals surface area contributed by atoms with Gasteiger partial charge in [-0.25, -0.2) is 4.99 Å². The summed E-state index contributed by atoms with van der Waals surface area (Å²) < 4.78 is 0. The van der Waals surface area contributed by atoms with Crippen molar-refractivity contribution < 1.29 is 4.79 Å². The van der Waals surface area contributed by atoms with Crippen molar-refractivity contribution >= 4 is 17.3 Å². The molecule has 0 amide bonds. The maximum absolute atomic E-state index is 13.6.